The number of methoxy groups -OCH3 is 2. The van der Waals surface area contributed by atoms with Crippen LogP contribution in [0.1, 0.15) is 82.9 Å². The second kappa shape index (κ2) is 17.9. The van der Waals surface area contributed by atoms with Gasteiger partial charge in [0, 0.05) is 40.2 Å². The van der Waals surface area contributed by atoms with Gasteiger partial charge in [-0.05, 0) is 70.4 Å². The van der Waals surface area contributed by atoms with E-state index in [4.69, 9.17) is 19.9 Å². The number of hydrogen-bond acceptors (Lipinski definition) is 9. The zero-order valence-corrected chi connectivity index (χ0v) is 26.9. The molecular weight excluding hydrogens is 570 g/mol. The maximum absolute atomic E-state index is 13.1. The van der Waals surface area contributed by atoms with E-state index >= 15 is 0 Å². The minimum absolute atomic E-state index is 0.0122. The van der Waals surface area contributed by atoms with E-state index in [2.05, 4.69) is 28.1 Å². The van der Waals surface area contributed by atoms with Gasteiger partial charge < -0.3 is 41.0 Å². The van der Waals surface area contributed by atoms with Crippen LogP contribution in [0.4, 0.5) is 4.79 Å². The van der Waals surface area contributed by atoms with Crippen molar-refractivity contribution in [1.82, 2.24) is 20.9 Å². The van der Waals surface area contributed by atoms with Crippen LogP contribution >= 0.6 is 0 Å². The number of nitrogens with two attached hydrogens (primary N) is 1. The molecule has 0 aromatic heterocycles. The first kappa shape index (κ1) is 36.9. The number of aryl methyl sites for hydroxylation is 1. The Bertz CT molecular complexity index is 1090. The molecule has 1 unspecified atom stereocenters. The van der Waals surface area contributed by atoms with Gasteiger partial charge in [-0.1, -0.05) is 24.3 Å². The molecule has 0 saturated carbocycles. The predicted molar refractivity (Wildman–Crippen MR) is 164 cm³/mol. The number of carbonyl (C=O) groups is 4. The standard InChI is InChI=1S/C31H51N5O8/c1-31(2,3)44-30(41)36(4)27(32)29(40)35-24(19-37)28(39)33-21(17-18-26(42-5)43-6)13-10-16-25(38)34-23-15-9-12-20-11-7-8-14-22(20)23/h7-8,11,14,21,23-24,26-27,37H,9-10,12-13,15-19,32H2,1-6H3,(H,33,39)(H,34,38)(H,35,40)/t21?,23-,24+,27-/m1/s1. The lowest BCUT2D eigenvalue weighted by molar-refractivity contribution is -0.133. The fourth-order valence-corrected chi connectivity index (χ4v) is 5.01. The average molecular weight is 622 g/mol. The number of ether oxygens (including phenoxy) is 3. The number of nitrogens with one attached hydrogen (secondary N) is 3. The van der Waals surface area contributed by atoms with Crippen LogP contribution in [0.5, 0.6) is 0 Å². The number of fused-ring (bicyclic) bond motifs is 1. The molecule has 248 valence electrons. The van der Waals surface area contributed by atoms with Crippen LogP contribution in [0.2, 0.25) is 0 Å². The van der Waals surface area contributed by atoms with Crippen molar-refractivity contribution < 1.29 is 38.5 Å². The molecule has 0 fully saturated rings. The molecule has 6 N–H and O–H groups in total. The molecule has 1 aliphatic carbocycles. The van der Waals surface area contributed by atoms with Crippen LogP contribution < -0.4 is 21.7 Å². The lowest BCUT2D eigenvalue weighted by atomic mass is 9.87. The number of carbonyl (C=O) groups excluding carboxylic acids is 4. The number of aliphatic hydroxyl groups excluding tert-OH is 1. The topological polar surface area (TPSA) is 182 Å². The van der Waals surface area contributed by atoms with Crippen molar-refractivity contribution in [2.75, 3.05) is 27.9 Å². The van der Waals surface area contributed by atoms with Gasteiger partial charge in [0.15, 0.2) is 12.5 Å². The van der Waals surface area contributed by atoms with Gasteiger partial charge in [0.25, 0.3) is 5.91 Å². The van der Waals surface area contributed by atoms with Crippen molar-refractivity contribution in [2.24, 2.45) is 5.73 Å². The fourth-order valence-electron chi connectivity index (χ4n) is 5.01. The van der Waals surface area contributed by atoms with Crippen molar-refractivity contribution in [3.63, 3.8) is 0 Å². The predicted octanol–water partition coefficient (Wildman–Crippen LogP) is 1.86. The molecule has 1 aromatic rings. The summed E-state index contributed by atoms with van der Waals surface area (Å²) in [5, 5.41) is 18.3. The molecule has 1 aromatic carbocycles. The van der Waals surface area contributed by atoms with E-state index in [-0.39, 0.29) is 18.4 Å². The SMILES string of the molecule is COC(CCC(CCCC(=O)N[C@@H]1CCCc2ccccc21)NC(=O)[C@H](CO)NC(=O)[C@H](N)N(C)C(=O)OC(C)(C)C)OC. The first-order chi connectivity index (χ1) is 20.8. The van der Waals surface area contributed by atoms with Crippen molar-refractivity contribution >= 4 is 23.8 Å². The normalized spacial score (nSPS) is 16.7. The average Bonchev–Trinajstić information content (AvgIpc) is 2.98. The van der Waals surface area contributed by atoms with Crippen molar-refractivity contribution in [1.29, 1.82) is 0 Å². The number of nitrogens with zero attached hydrogens (tertiary/aromatic N) is 1. The Kier molecular flexibility index (Phi) is 15.0. The van der Waals surface area contributed by atoms with Crippen LogP contribution in [0.15, 0.2) is 24.3 Å². The van der Waals surface area contributed by atoms with Crippen LogP contribution in [0.3, 0.4) is 0 Å². The molecule has 0 aliphatic heterocycles. The van der Waals surface area contributed by atoms with Gasteiger partial charge >= 0.3 is 6.09 Å². The summed E-state index contributed by atoms with van der Waals surface area (Å²) in [6.45, 7) is 4.33. The van der Waals surface area contributed by atoms with Gasteiger partial charge in [-0.25, -0.2) is 4.79 Å². The van der Waals surface area contributed by atoms with Gasteiger partial charge in [0.1, 0.15) is 11.6 Å². The Balaban J connectivity index is 1.97. The Hall–Kier alpha value is -3.26. The number of benzene rings is 1. The molecule has 0 radical (unpaired) electrons. The quantitative estimate of drug-likeness (QED) is 0.172. The van der Waals surface area contributed by atoms with E-state index in [0.717, 1.165) is 29.7 Å². The van der Waals surface area contributed by atoms with Crippen molar-refractivity contribution in [2.45, 2.75) is 108 Å². The van der Waals surface area contributed by atoms with E-state index in [1.54, 1.807) is 20.8 Å². The molecule has 13 nitrogen and oxygen atoms in total. The minimum atomic E-state index is -1.46. The third kappa shape index (κ3) is 12.0. The van der Waals surface area contributed by atoms with Gasteiger partial charge in [0.2, 0.25) is 11.8 Å². The van der Waals surface area contributed by atoms with E-state index in [0.29, 0.717) is 25.7 Å². The Labute approximate surface area is 260 Å². The number of hydrogen-bond donors (Lipinski definition) is 5. The monoisotopic (exact) mass is 621 g/mol. The molecule has 4 amide bonds. The lowest BCUT2D eigenvalue weighted by Crippen LogP contribution is -2.59. The molecule has 0 heterocycles. The first-order valence-electron chi connectivity index (χ1n) is 15.1. The summed E-state index contributed by atoms with van der Waals surface area (Å²) in [7, 11) is 4.34. The second-order valence-corrected chi connectivity index (χ2v) is 12.1. The highest BCUT2D eigenvalue weighted by Gasteiger charge is 2.31. The lowest BCUT2D eigenvalue weighted by Gasteiger charge is -2.29. The minimum Gasteiger partial charge on any atom is -0.444 e. The summed E-state index contributed by atoms with van der Waals surface area (Å²) < 4.78 is 15.8. The van der Waals surface area contributed by atoms with Gasteiger partial charge in [-0.3, -0.25) is 19.3 Å². The summed E-state index contributed by atoms with van der Waals surface area (Å²) in [4.78, 5) is 51.9. The first-order valence-corrected chi connectivity index (χ1v) is 15.1. The van der Waals surface area contributed by atoms with Crippen LogP contribution in [0.25, 0.3) is 0 Å². The van der Waals surface area contributed by atoms with Crippen molar-refractivity contribution in [3.8, 4) is 0 Å². The maximum atomic E-state index is 13.1. The number of amides is 4. The molecule has 2 rings (SSSR count). The summed E-state index contributed by atoms with van der Waals surface area (Å²) in [5.41, 5.74) is 7.55. The third-order valence-electron chi connectivity index (χ3n) is 7.47. The van der Waals surface area contributed by atoms with Crippen LogP contribution in [-0.4, -0.2) is 91.8 Å². The molecule has 4 atom stereocenters. The zero-order valence-electron chi connectivity index (χ0n) is 26.9. The van der Waals surface area contributed by atoms with E-state index in [1.165, 1.54) is 26.8 Å². The third-order valence-corrected chi connectivity index (χ3v) is 7.47. The van der Waals surface area contributed by atoms with E-state index < -0.39 is 54.7 Å². The van der Waals surface area contributed by atoms with E-state index in [1.807, 2.05) is 12.1 Å². The maximum Gasteiger partial charge on any atom is 0.411 e. The van der Waals surface area contributed by atoms with Gasteiger partial charge in [0.05, 0.1) is 12.6 Å². The molecule has 0 spiro atoms. The number of aliphatic hydroxyl groups is 1. The highest BCUT2D eigenvalue weighted by Crippen LogP contribution is 2.29. The molecule has 1 aliphatic rings. The molecule has 44 heavy (non-hydrogen) atoms. The second-order valence-electron chi connectivity index (χ2n) is 12.1. The Morgan fingerprint density at radius 2 is 1.73 bits per heavy atom. The summed E-state index contributed by atoms with van der Waals surface area (Å²) in [6.07, 6.45) is 2.32. The molecule has 0 bridgehead atoms. The smallest absolute Gasteiger partial charge is 0.411 e. The Morgan fingerprint density at radius 3 is 2.36 bits per heavy atom. The van der Waals surface area contributed by atoms with Gasteiger partial charge in [-0.2, -0.15) is 0 Å². The summed E-state index contributed by atoms with van der Waals surface area (Å²) >= 11 is 0. The largest absolute Gasteiger partial charge is 0.444 e. The number of likely N-dealkylation sites (N-methyl/N-ethyl adjacent to an activating group) is 1. The molecule has 13 heteroatoms. The van der Waals surface area contributed by atoms with Crippen LogP contribution in [0, 0.1) is 0 Å². The van der Waals surface area contributed by atoms with Crippen molar-refractivity contribution in [3.05, 3.63) is 35.4 Å². The Morgan fingerprint density at radius 1 is 1.05 bits per heavy atom. The highest BCUT2D eigenvalue weighted by molar-refractivity contribution is 5.91. The highest BCUT2D eigenvalue weighted by atomic mass is 16.7. The summed E-state index contributed by atoms with van der Waals surface area (Å²) in [6, 6.07) is 6.43. The summed E-state index contributed by atoms with van der Waals surface area (Å²) in [5.74, 6) is -1.54. The van der Waals surface area contributed by atoms with E-state index in [9.17, 15) is 24.3 Å². The van der Waals surface area contributed by atoms with Gasteiger partial charge in [-0.15, -0.1) is 0 Å². The number of rotatable bonds is 16. The zero-order chi connectivity index (χ0) is 32.9. The fraction of sp³-hybridized carbons (Fsp3) is 0.677. The molecular formula is C31H51N5O8. The van der Waals surface area contributed by atoms with Crippen LogP contribution in [-0.2, 0) is 35.0 Å². The molecule has 0 saturated heterocycles.